The van der Waals surface area contributed by atoms with E-state index in [9.17, 15) is 0 Å². The molecule has 0 heterocycles. The van der Waals surface area contributed by atoms with Crippen molar-refractivity contribution in [1.82, 2.24) is 5.32 Å². The molecule has 0 bridgehead atoms. The summed E-state index contributed by atoms with van der Waals surface area (Å²) < 4.78 is 17.5. The topological polar surface area (TPSA) is 39.7 Å². The molecule has 0 saturated carbocycles. The summed E-state index contributed by atoms with van der Waals surface area (Å²) in [6.07, 6.45) is 2.31. The molecule has 1 unspecified atom stereocenters. The summed E-state index contributed by atoms with van der Waals surface area (Å²) >= 11 is 2.42. The van der Waals surface area contributed by atoms with Gasteiger partial charge in [0.25, 0.3) is 0 Å². The van der Waals surface area contributed by atoms with Gasteiger partial charge >= 0.3 is 0 Å². The summed E-state index contributed by atoms with van der Waals surface area (Å²) in [4.78, 5) is 0. The maximum atomic E-state index is 5.52. The van der Waals surface area contributed by atoms with Crippen LogP contribution in [-0.2, 0) is 14.2 Å². The van der Waals surface area contributed by atoms with E-state index in [-0.39, 0.29) is 0 Å². The first kappa shape index (κ1) is 20.6. The molecule has 0 radical (unpaired) electrons. The molecule has 0 aliphatic carbocycles. The van der Waals surface area contributed by atoms with Crippen molar-refractivity contribution in [2.45, 2.75) is 39.7 Å². The van der Waals surface area contributed by atoms with Crippen molar-refractivity contribution >= 4 is 22.6 Å². The van der Waals surface area contributed by atoms with Crippen LogP contribution in [0, 0.1) is 5.92 Å². The lowest BCUT2D eigenvalue weighted by molar-refractivity contribution is 0.0143. The van der Waals surface area contributed by atoms with Crippen molar-refractivity contribution < 1.29 is 14.2 Å². The average Bonchev–Trinajstić information content (AvgIpc) is 2.43. The third-order valence-electron chi connectivity index (χ3n) is 3.01. The minimum Gasteiger partial charge on any atom is -0.379 e. The van der Waals surface area contributed by atoms with Gasteiger partial charge in [-0.3, -0.25) is 0 Å². The monoisotopic (exact) mass is 401 g/mol. The molecule has 0 rings (SSSR count). The lowest BCUT2D eigenvalue weighted by Crippen LogP contribution is -2.37. The van der Waals surface area contributed by atoms with Gasteiger partial charge in [-0.05, 0) is 12.3 Å². The molecule has 122 valence electrons. The van der Waals surface area contributed by atoms with Gasteiger partial charge < -0.3 is 19.5 Å². The molecule has 0 aromatic rings. The van der Waals surface area contributed by atoms with Crippen molar-refractivity contribution in [2.24, 2.45) is 5.92 Å². The molecular formula is C15H32INO3. The van der Waals surface area contributed by atoms with E-state index in [1.54, 1.807) is 0 Å². The van der Waals surface area contributed by atoms with E-state index >= 15 is 0 Å². The number of nitrogens with one attached hydrogen (secondary N) is 1. The Kier molecular flexibility index (Phi) is 16.4. The second-order valence-corrected chi connectivity index (χ2v) is 6.03. The van der Waals surface area contributed by atoms with Crippen LogP contribution in [0.5, 0.6) is 0 Å². The highest BCUT2D eigenvalue weighted by Crippen LogP contribution is 2.04. The summed E-state index contributed by atoms with van der Waals surface area (Å²) in [5, 5.41) is 3.51. The van der Waals surface area contributed by atoms with Crippen LogP contribution in [0.15, 0.2) is 0 Å². The molecule has 0 aromatic carbocycles. The van der Waals surface area contributed by atoms with E-state index in [1.165, 1.54) is 6.42 Å². The molecule has 0 amide bonds. The maximum absolute atomic E-state index is 5.52. The van der Waals surface area contributed by atoms with Gasteiger partial charge in [0.1, 0.15) is 0 Å². The first-order valence-corrected chi connectivity index (χ1v) is 9.27. The van der Waals surface area contributed by atoms with Crippen LogP contribution >= 0.6 is 22.6 Å². The highest BCUT2D eigenvalue weighted by molar-refractivity contribution is 14.1. The highest BCUT2D eigenvalue weighted by Gasteiger charge is 2.09. The fourth-order valence-electron chi connectivity index (χ4n) is 1.57. The molecule has 1 N–H and O–H groups in total. The second kappa shape index (κ2) is 15.9. The summed E-state index contributed by atoms with van der Waals surface area (Å²) in [7, 11) is 0. The zero-order valence-electron chi connectivity index (χ0n) is 13.3. The molecule has 1 atom stereocenters. The third kappa shape index (κ3) is 13.5. The Balaban J connectivity index is 3.13. The van der Waals surface area contributed by atoms with E-state index in [1.807, 2.05) is 0 Å². The number of unbranched alkanes of at least 4 members (excludes halogenated alkanes) is 1. The number of alkyl halides is 1. The van der Waals surface area contributed by atoms with Crippen LogP contribution in [0.25, 0.3) is 0 Å². The van der Waals surface area contributed by atoms with Crippen molar-refractivity contribution in [1.29, 1.82) is 0 Å². The number of halogens is 1. The van der Waals surface area contributed by atoms with Gasteiger partial charge in [-0.15, -0.1) is 0 Å². The summed E-state index contributed by atoms with van der Waals surface area (Å²) in [5.74, 6) is 0.669. The second-order valence-electron chi connectivity index (χ2n) is 5.15. The number of rotatable bonds is 15. The Labute approximate surface area is 138 Å². The highest BCUT2D eigenvalue weighted by atomic mass is 127. The van der Waals surface area contributed by atoms with Crippen molar-refractivity contribution in [3.05, 3.63) is 0 Å². The molecule has 0 spiro atoms. The van der Waals surface area contributed by atoms with Crippen LogP contribution in [0.1, 0.15) is 33.6 Å². The minimum absolute atomic E-state index is 0.579. The Morgan fingerprint density at radius 3 is 1.95 bits per heavy atom. The SMILES string of the molecule is CCCCOCCOCCOCCNC(CI)C(C)C. The average molecular weight is 401 g/mol. The molecule has 20 heavy (non-hydrogen) atoms. The molecule has 0 aliphatic heterocycles. The largest absolute Gasteiger partial charge is 0.379 e. The van der Waals surface area contributed by atoms with Crippen molar-refractivity contribution in [2.75, 3.05) is 50.6 Å². The maximum Gasteiger partial charge on any atom is 0.0701 e. The Morgan fingerprint density at radius 2 is 1.45 bits per heavy atom. The van der Waals surface area contributed by atoms with E-state index in [4.69, 9.17) is 14.2 Å². The van der Waals surface area contributed by atoms with Gasteiger partial charge in [-0.2, -0.15) is 0 Å². The number of hydrogen-bond donors (Lipinski definition) is 1. The predicted octanol–water partition coefficient (Wildman–Crippen LogP) is 2.89. The third-order valence-corrected chi connectivity index (χ3v) is 3.96. The van der Waals surface area contributed by atoms with E-state index in [0.29, 0.717) is 38.4 Å². The Hall–Kier alpha value is 0.570. The standard InChI is InChI=1S/C15H32INO3/c1-4-5-7-18-9-11-20-12-10-19-8-6-17-15(13-16)14(2)3/h14-15,17H,4-13H2,1-3H3. The van der Waals surface area contributed by atoms with Gasteiger partial charge in [-0.25, -0.2) is 0 Å². The van der Waals surface area contributed by atoms with Gasteiger partial charge in [-0.1, -0.05) is 49.8 Å². The Bertz CT molecular complexity index is 194. The number of hydrogen-bond acceptors (Lipinski definition) is 4. The normalized spacial score (nSPS) is 13.1. The molecule has 0 fully saturated rings. The van der Waals surface area contributed by atoms with Crippen molar-refractivity contribution in [3.8, 4) is 0 Å². The quantitative estimate of drug-likeness (QED) is 0.260. The lowest BCUT2D eigenvalue weighted by atomic mass is 10.1. The van der Waals surface area contributed by atoms with Crippen LogP contribution in [0.3, 0.4) is 0 Å². The fraction of sp³-hybridized carbons (Fsp3) is 1.00. The zero-order chi connectivity index (χ0) is 15.1. The Morgan fingerprint density at radius 1 is 0.900 bits per heavy atom. The van der Waals surface area contributed by atoms with E-state index in [0.717, 1.165) is 30.6 Å². The van der Waals surface area contributed by atoms with Gasteiger partial charge in [0.05, 0.1) is 33.0 Å². The molecule has 0 aliphatic rings. The van der Waals surface area contributed by atoms with E-state index < -0.39 is 0 Å². The van der Waals surface area contributed by atoms with Gasteiger partial charge in [0, 0.05) is 23.6 Å². The molecular weight excluding hydrogens is 369 g/mol. The van der Waals surface area contributed by atoms with Crippen molar-refractivity contribution in [3.63, 3.8) is 0 Å². The van der Waals surface area contributed by atoms with E-state index in [2.05, 4.69) is 48.7 Å². The summed E-state index contributed by atoms with van der Waals surface area (Å²) in [6.45, 7) is 11.8. The molecule has 4 nitrogen and oxygen atoms in total. The van der Waals surface area contributed by atoms with Crippen LogP contribution in [0.2, 0.25) is 0 Å². The van der Waals surface area contributed by atoms with Crippen LogP contribution in [-0.4, -0.2) is 56.7 Å². The molecule has 5 heteroatoms. The summed E-state index contributed by atoms with van der Waals surface area (Å²) in [5.41, 5.74) is 0. The van der Waals surface area contributed by atoms with Gasteiger partial charge in [0.2, 0.25) is 0 Å². The minimum atomic E-state index is 0.579. The number of ether oxygens (including phenoxy) is 3. The summed E-state index contributed by atoms with van der Waals surface area (Å²) in [6, 6.07) is 0.579. The van der Waals surface area contributed by atoms with Gasteiger partial charge in [0.15, 0.2) is 0 Å². The van der Waals surface area contributed by atoms with Crippen LogP contribution in [0.4, 0.5) is 0 Å². The first-order chi connectivity index (χ1) is 9.72. The molecule has 0 saturated heterocycles. The lowest BCUT2D eigenvalue weighted by Gasteiger charge is -2.19. The zero-order valence-corrected chi connectivity index (χ0v) is 15.5. The molecule has 0 aromatic heterocycles. The fourth-order valence-corrected chi connectivity index (χ4v) is 2.90. The van der Waals surface area contributed by atoms with Crippen LogP contribution < -0.4 is 5.32 Å². The first-order valence-electron chi connectivity index (χ1n) is 7.74. The predicted molar refractivity (Wildman–Crippen MR) is 92.9 cm³/mol. The smallest absolute Gasteiger partial charge is 0.0701 e.